The molecule has 0 unspecified atom stereocenters. The summed E-state index contributed by atoms with van der Waals surface area (Å²) in [6.45, 7) is 8.10. The van der Waals surface area contributed by atoms with Gasteiger partial charge in [0, 0.05) is 20.0 Å². The lowest BCUT2D eigenvalue weighted by molar-refractivity contribution is -0.140. The average Bonchev–Trinajstić information content (AvgIpc) is 3.28. The third-order valence-electron chi connectivity index (χ3n) is 4.43. The van der Waals surface area contributed by atoms with Crippen LogP contribution in [-0.2, 0) is 22.7 Å². The van der Waals surface area contributed by atoms with E-state index in [0.717, 1.165) is 11.3 Å². The zero-order chi connectivity index (χ0) is 20.1. The first kappa shape index (κ1) is 19.5. The third-order valence-corrected chi connectivity index (χ3v) is 4.43. The van der Waals surface area contributed by atoms with Crippen molar-refractivity contribution in [1.82, 2.24) is 9.80 Å². The summed E-state index contributed by atoms with van der Waals surface area (Å²) >= 11 is 0. The second-order valence-electron chi connectivity index (χ2n) is 6.64. The van der Waals surface area contributed by atoms with Gasteiger partial charge in [-0.05, 0) is 36.8 Å². The predicted octanol–water partition coefficient (Wildman–Crippen LogP) is 2.88. The molecule has 1 aromatic carbocycles. The molecule has 1 aliphatic heterocycles. The molecule has 28 heavy (non-hydrogen) atoms. The van der Waals surface area contributed by atoms with Gasteiger partial charge in [-0.2, -0.15) is 0 Å². The number of nitrogens with zero attached hydrogens (tertiary/aromatic N) is 2. The van der Waals surface area contributed by atoms with Crippen molar-refractivity contribution in [2.45, 2.75) is 26.9 Å². The molecule has 7 nitrogen and oxygen atoms in total. The molecule has 148 valence electrons. The van der Waals surface area contributed by atoms with Crippen molar-refractivity contribution in [3.05, 3.63) is 60.1 Å². The lowest BCUT2D eigenvalue weighted by Crippen LogP contribution is -2.41. The second-order valence-corrected chi connectivity index (χ2v) is 6.64. The first-order valence-corrected chi connectivity index (χ1v) is 9.04. The lowest BCUT2D eigenvalue weighted by Gasteiger charge is -2.26. The molecule has 7 heteroatoms. The maximum absolute atomic E-state index is 13.0. The monoisotopic (exact) mass is 384 g/mol. The van der Waals surface area contributed by atoms with Crippen LogP contribution in [0.15, 0.2) is 47.4 Å². The second kappa shape index (κ2) is 8.65. The number of carbonyl (C=O) groups excluding carboxylic acids is 2. The van der Waals surface area contributed by atoms with Crippen molar-refractivity contribution in [1.29, 1.82) is 0 Å². The van der Waals surface area contributed by atoms with Gasteiger partial charge in [0.05, 0.1) is 6.54 Å². The van der Waals surface area contributed by atoms with E-state index in [1.807, 2.05) is 37.3 Å². The van der Waals surface area contributed by atoms with Crippen LogP contribution in [0.2, 0.25) is 0 Å². The Morgan fingerprint density at radius 1 is 1.11 bits per heavy atom. The van der Waals surface area contributed by atoms with Gasteiger partial charge in [-0.3, -0.25) is 9.59 Å². The van der Waals surface area contributed by atoms with Crippen LogP contribution in [0.1, 0.15) is 24.0 Å². The molecule has 3 rings (SSSR count). The Bertz CT molecular complexity index is 873. The number of ether oxygens (including phenoxy) is 2. The summed E-state index contributed by atoms with van der Waals surface area (Å²) in [4.78, 5) is 27.9. The number of aryl methyl sites for hydroxylation is 1. The van der Waals surface area contributed by atoms with E-state index in [0.29, 0.717) is 36.9 Å². The third kappa shape index (κ3) is 4.73. The van der Waals surface area contributed by atoms with E-state index in [1.54, 1.807) is 11.0 Å². The van der Waals surface area contributed by atoms with Crippen molar-refractivity contribution >= 4 is 11.8 Å². The number of hydrogen-bond acceptors (Lipinski definition) is 5. The number of rotatable bonds is 8. The molecule has 2 heterocycles. The number of carbonyl (C=O) groups is 2. The van der Waals surface area contributed by atoms with Crippen LogP contribution in [-0.4, -0.2) is 41.5 Å². The molecule has 2 aromatic rings. The molecule has 0 saturated heterocycles. The molecule has 0 fully saturated rings. The number of amides is 2. The maximum atomic E-state index is 13.0. The maximum Gasteiger partial charge on any atom is 0.242 e. The minimum Gasteiger partial charge on any atom is -0.464 e. The Morgan fingerprint density at radius 3 is 2.57 bits per heavy atom. The van der Waals surface area contributed by atoms with E-state index < -0.39 is 0 Å². The largest absolute Gasteiger partial charge is 0.464 e. The Morgan fingerprint density at radius 2 is 1.89 bits per heavy atom. The Balaban J connectivity index is 1.78. The minimum atomic E-state index is -0.177. The summed E-state index contributed by atoms with van der Waals surface area (Å²) in [6, 6.07) is 9.30. The van der Waals surface area contributed by atoms with Crippen LogP contribution < -0.4 is 9.47 Å². The molecular weight excluding hydrogens is 360 g/mol. The first-order chi connectivity index (χ1) is 13.5. The van der Waals surface area contributed by atoms with E-state index in [2.05, 4.69) is 6.58 Å². The van der Waals surface area contributed by atoms with Crippen molar-refractivity contribution < 1.29 is 23.5 Å². The smallest absolute Gasteiger partial charge is 0.242 e. The van der Waals surface area contributed by atoms with Crippen LogP contribution in [0.4, 0.5) is 0 Å². The van der Waals surface area contributed by atoms with Crippen LogP contribution in [0.3, 0.4) is 0 Å². The molecule has 0 spiro atoms. The summed E-state index contributed by atoms with van der Waals surface area (Å²) < 4.78 is 16.4. The molecule has 0 N–H and O–H groups in total. The number of fused-ring (bicyclic) bond motifs is 1. The van der Waals surface area contributed by atoms with Gasteiger partial charge < -0.3 is 23.7 Å². The fourth-order valence-electron chi connectivity index (χ4n) is 2.97. The van der Waals surface area contributed by atoms with E-state index in [4.69, 9.17) is 13.9 Å². The average molecular weight is 384 g/mol. The summed E-state index contributed by atoms with van der Waals surface area (Å²) in [5.41, 5.74) is 0.902. The van der Waals surface area contributed by atoms with Gasteiger partial charge >= 0.3 is 0 Å². The fraction of sp³-hybridized carbons (Fsp3) is 0.333. The van der Waals surface area contributed by atoms with Gasteiger partial charge in [0.15, 0.2) is 11.5 Å². The SMILES string of the molecule is C=CCN(CC(=O)N(Cc1ccc2c(c1)OCO2)Cc1ccc(C)o1)C(C)=O. The first-order valence-electron chi connectivity index (χ1n) is 9.04. The molecule has 2 amide bonds. The number of benzene rings is 1. The highest BCUT2D eigenvalue weighted by Crippen LogP contribution is 2.33. The molecule has 1 aromatic heterocycles. The van der Waals surface area contributed by atoms with Crippen molar-refractivity contribution in [2.24, 2.45) is 0 Å². The summed E-state index contributed by atoms with van der Waals surface area (Å²) in [7, 11) is 0. The summed E-state index contributed by atoms with van der Waals surface area (Å²) in [6.07, 6.45) is 1.60. The Labute approximate surface area is 164 Å². The minimum absolute atomic E-state index is 0.0222. The van der Waals surface area contributed by atoms with Crippen molar-refractivity contribution in [3.63, 3.8) is 0 Å². The normalized spacial score (nSPS) is 11.9. The standard InChI is InChI=1S/C21H24N2O5/c1-4-9-22(16(3)24)13-21(25)23(12-18-7-5-15(2)28-18)11-17-6-8-19-20(10-17)27-14-26-19/h4-8,10H,1,9,11-14H2,2-3H3. The van der Waals surface area contributed by atoms with Crippen LogP contribution in [0, 0.1) is 6.92 Å². The molecule has 0 bridgehead atoms. The molecule has 0 saturated carbocycles. The van der Waals surface area contributed by atoms with Crippen LogP contribution >= 0.6 is 0 Å². The Kier molecular flexibility index (Phi) is 6.03. The highest BCUT2D eigenvalue weighted by molar-refractivity contribution is 5.84. The van der Waals surface area contributed by atoms with Gasteiger partial charge in [0.1, 0.15) is 18.1 Å². The van der Waals surface area contributed by atoms with Gasteiger partial charge in [-0.1, -0.05) is 12.1 Å². The topological polar surface area (TPSA) is 72.2 Å². The highest BCUT2D eigenvalue weighted by Gasteiger charge is 2.21. The van der Waals surface area contributed by atoms with Crippen molar-refractivity contribution in [3.8, 4) is 11.5 Å². The van der Waals surface area contributed by atoms with E-state index in [9.17, 15) is 9.59 Å². The summed E-state index contributed by atoms with van der Waals surface area (Å²) in [5.74, 6) is 2.47. The van der Waals surface area contributed by atoms with Crippen LogP contribution in [0.5, 0.6) is 11.5 Å². The molecule has 0 radical (unpaired) electrons. The van der Waals surface area contributed by atoms with Gasteiger partial charge in [-0.15, -0.1) is 6.58 Å². The Hall–Kier alpha value is -3.22. The van der Waals surface area contributed by atoms with Crippen LogP contribution in [0.25, 0.3) is 0 Å². The molecule has 0 atom stereocenters. The predicted molar refractivity (Wildman–Crippen MR) is 103 cm³/mol. The molecule has 1 aliphatic rings. The van der Waals surface area contributed by atoms with Gasteiger partial charge in [-0.25, -0.2) is 0 Å². The van der Waals surface area contributed by atoms with Crippen molar-refractivity contribution in [2.75, 3.05) is 19.9 Å². The lowest BCUT2D eigenvalue weighted by atomic mass is 10.2. The summed E-state index contributed by atoms with van der Waals surface area (Å²) in [5, 5.41) is 0. The number of furan rings is 1. The molecule has 0 aliphatic carbocycles. The zero-order valence-corrected chi connectivity index (χ0v) is 16.1. The molecular formula is C21H24N2O5. The fourth-order valence-corrected chi connectivity index (χ4v) is 2.97. The zero-order valence-electron chi connectivity index (χ0n) is 16.1. The van der Waals surface area contributed by atoms with E-state index in [-0.39, 0.29) is 25.2 Å². The van der Waals surface area contributed by atoms with Gasteiger partial charge in [0.25, 0.3) is 0 Å². The van der Waals surface area contributed by atoms with Gasteiger partial charge in [0.2, 0.25) is 18.6 Å². The number of hydrogen-bond donors (Lipinski definition) is 0. The quantitative estimate of drug-likeness (QED) is 0.655. The van der Waals surface area contributed by atoms with E-state index >= 15 is 0 Å². The van der Waals surface area contributed by atoms with E-state index in [1.165, 1.54) is 11.8 Å². The highest BCUT2D eigenvalue weighted by atomic mass is 16.7.